The van der Waals surface area contributed by atoms with Crippen LogP contribution in [0.15, 0.2) is 50.9 Å². The van der Waals surface area contributed by atoms with Gasteiger partial charge in [-0.05, 0) is 30.3 Å². The summed E-state index contributed by atoms with van der Waals surface area (Å²) in [4.78, 5) is 16.5. The highest BCUT2D eigenvalue weighted by Gasteiger charge is 2.13. The van der Waals surface area contributed by atoms with Crippen LogP contribution in [-0.2, 0) is 0 Å². The molecule has 21 heavy (non-hydrogen) atoms. The van der Waals surface area contributed by atoms with Crippen LogP contribution in [0.25, 0.3) is 11.5 Å². The van der Waals surface area contributed by atoms with Gasteiger partial charge in [0.15, 0.2) is 10.9 Å². The Bertz CT molecular complexity index is 786. The van der Waals surface area contributed by atoms with E-state index in [4.69, 9.17) is 16.0 Å². The van der Waals surface area contributed by atoms with Gasteiger partial charge in [-0.15, -0.1) is 11.3 Å². The summed E-state index contributed by atoms with van der Waals surface area (Å²) in [6.45, 7) is 0. The van der Waals surface area contributed by atoms with Crippen LogP contribution in [0.5, 0.6) is 0 Å². The van der Waals surface area contributed by atoms with Crippen LogP contribution in [0.4, 0.5) is 5.13 Å². The Labute approximate surface area is 137 Å². The number of amides is 1. The van der Waals surface area contributed by atoms with E-state index in [1.165, 1.54) is 11.3 Å². The van der Waals surface area contributed by atoms with Crippen LogP contribution in [0.3, 0.4) is 0 Å². The van der Waals surface area contributed by atoms with E-state index in [0.29, 0.717) is 27.2 Å². The fraction of sp³-hybridized carbons (Fsp3) is 0. The Morgan fingerprint density at radius 3 is 2.95 bits per heavy atom. The van der Waals surface area contributed by atoms with Crippen molar-refractivity contribution in [3.63, 3.8) is 0 Å². The van der Waals surface area contributed by atoms with Gasteiger partial charge in [0, 0.05) is 9.85 Å². The Hall–Kier alpha value is -1.63. The molecule has 0 bridgehead atoms. The standard InChI is InChI=1S/C14H8BrClN2O2S/c15-8-3-4-9(10(16)6-8)13(19)18-14-17-11(7-21-14)12-2-1-5-20-12/h1-7H,(H,17,18,19). The molecule has 2 aromatic heterocycles. The van der Waals surface area contributed by atoms with Crippen molar-refractivity contribution < 1.29 is 9.21 Å². The Morgan fingerprint density at radius 2 is 2.24 bits per heavy atom. The van der Waals surface area contributed by atoms with E-state index in [2.05, 4.69) is 26.2 Å². The zero-order valence-electron chi connectivity index (χ0n) is 10.5. The summed E-state index contributed by atoms with van der Waals surface area (Å²) in [5.74, 6) is 0.362. The number of furan rings is 1. The van der Waals surface area contributed by atoms with Crippen LogP contribution in [0.1, 0.15) is 10.4 Å². The second kappa shape index (κ2) is 6.01. The normalized spacial score (nSPS) is 10.6. The minimum Gasteiger partial charge on any atom is -0.463 e. The lowest BCUT2D eigenvalue weighted by molar-refractivity contribution is 0.102. The lowest BCUT2D eigenvalue weighted by atomic mass is 10.2. The predicted octanol–water partition coefficient (Wildman–Crippen LogP) is 5.07. The third kappa shape index (κ3) is 3.18. The largest absolute Gasteiger partial charge is 0.463 e. The van der Waals surface area contributed by atoms with Crippen LogP contribution < -0.4 is 5.32 Å². The molecule has 2 heterocycles. The summed E-state index contributed by atoms with van der Waals surface area (Å²) < 4.78 is 6.08. The molecule has 106 valence electrons. The Balaban J connectivity index is 1.79. The first-order chi connectivity index (χ1) is 10.1. The molecule has 1 aromatic carbocycles. The van der Waals surface area contributed by atoms with Crippen LogP contribution in [0, 0.1) is 0 Å². The number of hydrogen-bond acceptors (Lipinski definition) is 4. The minimum atomic E-state index is -0.298. The van der Waals surface area contributed by atoms with Gasteiger partial charge in [-0.3, -0.25) is 10.1 Å². The zero-order chi connectivity index (χ0) is 14.8. The van der Waals surface area contributed by atoms with Crippen molar-refractivity contribution in [3.8, 4) is 11.5 Å². The van der Waals surface area contributed by atoms with E-state index in [9.17, 15) is 4.79 Å². The van der Waals surface area contributed by atoms with Crippen LogP contribution in [-0.4, -0.2) is 10.9 Å². The first-order valence-electron chi connectivity index (χ1n) is 5.89. The second-order valence-electron chi connectivity index (χ2n) is 4.09. The maximum absolute atomic E-state index is 12.2. The van der Waals surface area contributed by atoms with Crippen LogP contribution >= 0.6 is 38.9 Å². The van der Waals surface area contributed by atoms with Gasteiger partial charge >= 0.3 is 0 Å². The number of carbonyl (C=O) groups is 1. The molecule has 0 saturated heterocycles. The molecule has 0 atom stereocenters. The molecule has 4 nitrogen and oxygen atoms in total. The molecule has 0 aliphatic carbocycles. The minimum absolute atomic E-state index is 0.298. The summed E-state index contributed by atoms with van der Waals surface area (Å²) in [7, 11) is 0. The molecule has 0 fully saturated rings. The third-order valence-corrected chi connectivity index (χ3v) is 4.24. The molecule has 1 N–H and O–H groups in total. The molecular formula is C14H8BrClN2O2S. The molecule has 0 spiro atoms. The molecule has 3 rings (SSSR count). The molecule has 0 saturated carbocycles. The summed E-state index contributed by atoms with van der Waals surface area (Å²) >= 11 is 10.7. The van der Waals surface area contributed by atoms with E-state index >= 15 is 0 Å². The van der Waals surface area contributed by atoms with Gasteiger partial charge in [-0.2, -0.15) is 0 Å². The van der Waals surface area contributed by atoms with Crippen molar-refractivity contribution in [2.75, 3.05) is 5.32 Å². The molecule has 0 aliphatic heterocycles. The fourth-order valence-corrected chi connectivity index (χ4v) is 3.16. The monoisotopic (exact) mass is 382 g/mol. The van der Waals surface area contributed by atoms with Crippen LogP contribution in [0.2, 0.25) is 5.02 Å². The average molecular weight is 384 g/mol. The summed E-state index contributed by atoms with van der Waals surface area (Å²) in [5, 5.41) is 5.42. The number of anilines is 1. The third-order valence-electron chi connectivity index (χ3n) is 2.67. The first kappa shape index (κ1) is 14.3. The number of nitrogens with one attached hydrogen (secondary N) is 1. The lowest BCUT2D eigenvalue weighted by Crippen LogP contribution is -2.12. The smallest absolute Gasteiger partial charge is 0.258 e. The maximum atomic E-state index is 12.2. The van der Waals surface area contributed by atoms with Crippen molar-refractivity contribution in [2.45, 2.75) is 0 Å². The Kier molecular flexibility index (Phi) is 4.10. The average Bonchev–Trinajstić information content (AvgIpc) is 3.08. The highest BCUT2D eigenvalue weighted by atomic mass is 79.9. The Morgan fingerprint density at radius 1 is 1.38 bits per heavy atom. The van der Waals surface area contributed by atoms with Gasteiger partial charge in [0.1, 0.15) is 5.69 Å². The quantitative estimate of drug-likeness (QED) is 0.687. The van der Waals surface area contributed by atoms with E-state index in [1.807, 2.05) is 11.4 Å². The number of hydrogen-bond donors (Lipinski definition) is 1. The molecule has 0 unspecified atom stereocenters. The number of benzene rings is 1. The number of aromatic nitrogens is 1. The molecule has 0 radical (unpaired) electrons. The highest BCUT2D eigenvalue weighted by molar-refractivity contribution is 9.10. The van der Waals surface area contributed by atoms with Gasteiger partial charge in [0.25, 0.3) is 5.91 Å². The van der Waals surface area contributed by atoms with Gasteiger partial charge in [-0.1, -0.05) is 27.5 Å². The van der Waals surface area contributed by atoms with E-state index in [-0.39, 0.29) is 5.91 Å². The predicted molar refractivity (Wildman–Crippen MR) is 86.9 cm³/mol. The summed E-state index contributed by atoms with van der Waals surface area (Å²) in [6.07, 6.45) is 1.58. The van der Waals surface area contributed by atoms with Gasteiger partial charge in [-0.25, -0.2) is 4.98 Å². The molecular weight excluding hydrogens is 376 g/mol. The fourth-order valence-electron chi connectivity index (χ4n) is 1.71. The summed E-state index contributed by atoms with van der Waals surface area (Å²) in [6, 6.07) is 8.69. The van der Waals surface area contributed by atoms with Crippen molar-refractivity contribution in [3.05, 3.63) is 57.0 Å². The van der Waals surface area contributed by atoms with E-state index in [0.717, 1.165) is 4.47 Å². The maximum Gasteiger partial charge on any atom is 0.258 e. The van der Waals surface area contributed by atoms with E-state index < -0.39 is 0 Å². The van der Waals surface area contributed by atoms with Gasteiger partial charge < -0.3 is 4.42 Å². The zero-order valence-corrected chi connectivity index (χ0v) is 13.6. The number of thiazole rings is 1. The molecule has 7 heteroatoms. The van der Waals surface area contributed by atoms with Crippen molar-refractivity contribution in [2.24, 2.45) is 0 Å². The first-order valence-corrected chi connectivity index (χ1v) is 7.94. The molecule has 0 aliphatic rings. The van der Waals surface area contributed by atoms with E-state index in [1.54, 1.807) is 30.5 Å². The highest BCUT2D eigenvalue weighted by Crippen LogP contribution is 2.27. The van der Waals surface area contributed by atoms with Crippen molar-refractivity contribution in [1.82, 2.24) is 4.98 Å². The van der Waals surface area contributed by atoms with Crippen molar-refractivity contribution >= 4 is 49.9 Å². The van der Waals surface area contributed by atoms with Gasteiger partial charge in [0.05, 0.1) is 16.8 Å². The number of carbonyl (C=O) groups excluding carboxylic acids is 1. The van der Waals surface area contributed by atoms with Gasteiger partial charge in [0.2, 0.25) is 0 Å². The number of nitrogens with zero attached hydrogens (tertiary/aromatic N) is 1. The number of rotatable bonds is 3. The SMILES string of the molecule is O=C(Nc1nc(-c2ccco2)cs1)c1ccc(Br)cc1Cl. The summed E-state index contributed by atoms with van der Waals surface area (Å²) in [5.41, 5.74) is 1.08. The molecule has 3 aromatic rings. The topological polar surface area (TPSA) is 55.1 Å². The number of halogens is 2. The lowest BCUT2D eigenvalue weighted by Gasteiger charge is -2.04. The van der Waals surface area contributed by atoms with Crippen molar-refractivity contribution in [1.29, 1.82) is 0 Å². The second-order valence-corrected chi connectivity index (χ2v) is 6.27. The molecule has 1 amide bonds.